The fourth-order valence-corrected chi connectivity index (χ4v) is 2.47. The second kappa shape index (κ2) is 6.24. The van der Waals surface area contributed by atoms with Crippen molar-refractivity contribution in [2.24, 2.45) is 5.73 Å². The van der Waals surface area contributed by atoms with Crippen LogP contribution in [0.4, 0.5) is 5.69 Å². The number of benzene rings is 2. The third-order valence-electron chi connectivity index (χ3n) is 3.03. The number of nitrogens with zero attached hydrogens (tertiary/aromatic N) is 1. The average Bonchev–Trinajstić information content (AvgIpc) is 2.45. The van der Waals surface area contributed by atoms with E-state index in [0.717, 1.165) is 0 Å². The molecule has 0 saturated carbocycles. The van der Waals surface area contributed by atoms with Crippen molar-refractivity contribution in [2.75, 3.05) is 11.9 Å². The fraction of sp³-hybridized carbons (Fsp3) is 0.0667. The van der Waals surface area contributed by atoms with Gasteiger partial charge in [0, 0.05) is 17.1 Å². The number of amides is 1. The Morgan fingerprint density at radius 2 is 1.90 bits per heavy atom. The molecule has 6 heteroatoms. The number of rotatable bonds is 3. The number of nitrogens with two attached hydrogens (primary N) is 1. The summed E-state index contributed by atoms with van der Waals surface area (Å²) in [7, 11) is 1.61. The number of anilines is 1. The lowest BCUT2D eigenvalue weighted by atomic mass is 10.1. The van der Waals surface area contributed by atoms with Crippen molar-refractivity contribution < 1.29 is 9.90 Å². The molecule has 0 aliphatic rings. The Kier molecular flexibility index (Phi) is 4.59. The van der Waals surface area contributed by atoms with Crippen LogP contribution in [0.5, 0.6) is 5.75 Å². The molecule has 2 aromatic rings. The molecule has 0 bridgehead atoms. The molecular weight excluding hydrogens is 352 g/mol. The van der Waals surface area contributed by atoms with E-state index in [0.29, 0.717) is 15.7 Å². The summed E-state index contributed by atoms with van der Waals surface area (Å²) in [5.74, 6) is -0.433. The molecule has 108 valence electrons. The van der Waals surface area contributed by atoms with Gasteiger partial charge in [-0.2, -0.15) is 0 Å². The Hall–Kier alpha value is -1.92. The highest BCUT2D eigenvalue weighted by atomic mass is 79.9. The van der Waals surface area contributed by atoms with Crippen LogP contribution in [0.1, 0.15) is 15.9 Å². The molecule has 0 aromatic heterocycles. The Balaban J connectivity index is 2.42. The van der Waals surface area contributed by atoms with Gasteiger partial charge in [0.2, 0.25) is 0 Å². The number of hydrogen-bond acceptors (Lipinski definition) is 3. The second-order valence-corrected chi connectivity index (χ2v) is 5.76. The summed E-state index contributed by atoms with van der Waals surface area (Å²) < 4.78 is 0.697. The molecule has 2 aromatic carbocycles. The number of carbonyl (C=O) groups excluding carboxylic acids is 1. The van der Waals surface area contributed by atoms with Gasteiger partial charge >= 0.3 is 0 Å². The Bertz CT molecular complexity index is 719. The van der Waals surface area contributed by atoms with E-state index in [9.17, 15) is 9.90 Å². The van der Waals surface area contributed by atoms with Crippen LogP contribution in [0.15, 0.2) is 46.9 Å². The van der Waals surface area contributed by atoms with Crippen molar-refractivity contribution in [3.8, 4) is 5.75 Å². The molecule has 0 heterocycles. The van der Waals surface area contributed by atoms with E-state index in [1.807, 2.05) is 0 Å². The minimum Gasteiger partial charge on any atom is -0.507 e. The largest absolute Gasteiger partial charge is 0.507 e. The van der Waals surface area contributed by atoms with Gasteiger partial charge in [0.1, 0.15) is 10.7 Å². The fourth-order valence-electron chi connectivity index (χ4n) is 1.95. The third kappa shape index (κ3) is 3.22. The Morgan fingerprint density at radius 3 is 2.52 bits per heavy atom. The monoisotopic (exact) mass is 364 g/mol. The van der Waals surface area contributed by atoms with Gasteiger partial charge in [-0.1, -0.05) is 40.3 Å². The standard InChI is InChI=1S/C15H13BrN2O2S/c1-18(12-5-3-2-4-10(12)14(17)21)15(20)11-7-6-9(16)8-13(11)19/h2-8,19H,1H3,(H2,17,21). The first-order valence-corrected chi connectivity index (χ1v) is 7.27. The number of para-hydroxylation sites is 1. The first-order chi connectivity index (χ1) is 9.91. The first kappa shape index (κ1) is 15.5. The van der Waals surface area contributed by atoms with Crippen LogP contribution in [-0.2, 0) is 0 Å². The number of phenols is 1. The maximum Gasteiger partial charge on any atom is 0.261 e. The number of carbonyl (C=O) groups is 1. The van der Waals surface area contributed by atoms with Crippen molar-refractivity contribution in [1.29, 1.82) is 0 Å². The van der Waals surface area contributed by atoms with E-state index in [1.165, 1.54) is 11.0 Å². The van der Waals surface area contributed by atoms with Crippen molar-refractivity contribution in [3.05, 3.63) is 58.1 Å². The van der Waals surface area contributed by atoms with Gasteiger partial charge in [-0.25, -0.2) is 0 Å². The van der Waals surface area contributed by atoms with E-state index in [1.54, 1.807) is 43.4 Å². The predicted octanol–water partition coefficient (Wildman–Crippen LogP) is 3.07. The summed E-state index contributed by atoms with van der Waals surface area (Å²) in [6.45, 7) is 0. The molecule has 0 aliphatic carbocycles. The van der Waals surface area contributed by atoms with Gasteiger partial charge in [0.25, 0.3) is 5.91 Å². The molecule has 1 amide bonds. The molecule has 21 heavy (non-hydrogen) atoms. The molecule has 0 radical (unpaired) electrons. The lowest BCUT2D eigenvalue weighted by Gasteiger charge is -2.20. The zero-order valence-corrected chi connectivity index (χ0v) is 13.6. The summed E-state index contributed by atoms with van der Waals surface area (Å²) >= 11 is 8.24. The number of phenolic OH excluding ortho intramolecular Hbond substituents is 1. The van der Waals surface area contributed by atoms with E-state index in [-0.39, 0.29) is 22.2 Å². The molecule has 0 saturated heterocycles. The average molecular weight is 365 g/mol. The van der Waals surface area contributed by atoms with Gasteiger partial charge < -0.3 is 15.7 Å². The van der Waals surface area contributed by atoms with Gasteiger partial charge in [0.05, 0.1) is 11.3 Å². The zero-order chi connectivity index (χ0) is 15.6. The van der Waals surface area contributed by atoms with Gasteiger partial charge in [0.15, 0.2) is 0 Å². The van der Waals surface area contributed by atoms with E-state index < -0.39 is 0 Å². The molecule has 0 aliphatic heterocycles. The summed E-state index contributed by atoms with van der Waals surface area (Å²) in [6.07, 6.45) is 0. The Morgan fingerprint density at radius 1 is 1.24 bits per heavy atom. The van der Waals surface area contributed by atoms with E-state index in [4.69, 9.17) is 18.0 Å². The van der Waals surface area contributed by atoms with Crippen molar-refractivity contribution in [2.45, 2.75) is 0 Å². The molecule has 4 nitrogen and oxygen atoms in total. The van der Waals surface area contributed by atoms with Crippen LogP contribution < -0.4 is 10.6 Å². The molecule has 0 atom stereocenters. The molecule has 0 spiro atoms. The van der Waals surface area contributed by atoms with Crippen LogP contribution in [0.25, 0.3) is 0 Å². The van der Waals surface area contributed by atoms with Crippen LogP contribution in [-0.4, -0.2) is 23.0 Å². The Labute approximate surface area is 136 Å². The minimum atomic E-state index is -0.344. The van der Waals surface area contributed by atoms with Crippen molar-refractivity contribution in [1.82, 2.24) is 0 Å². The van der Waals surface area contributed by atoms with Crippen molar-refractivity contribution >= 4 is 44.7 Å². The smallest absolute Gasteiger partial charge is 0.261 e. The summed E-state index contributed by atoms with van der Waals surface area (Å²) in [5.41, 5.74) is 7.09. The third-order valence-corrected chi connectivity index (χ3v) is 3.74. The van der Waals surface area contributed by atoms with Crippen LogP contribution in [0, 0.1) is 0 Å². The number of halogens is 1. The summed E-state index contributed by atoms with van der Waals surface area (Å²) in [5, 5.41) is 9.91. The second-order valence-electron chi connectivity index (χ2n) is 4.41. The van der Waals surface area contributed by atoms with Crippen LogP contribution >= 0.6 is 28.1 Å². The quantitative estimate of drug-likeness (QED) is 0.821. The topological polar surface area (TPSA) is 66.6 Å². The molecule has 0 unspecified atom stereocenters. The maximum atomic E-state index is 12.5. The summed E-state index contributed by atoms with van der Waals surface area (Å²) in [4.78, 5) is 14.1. The normalized spacial score (nSPS) is 10.2. The maximum absolute atomic E-state index is 12.5. The minimum absolute atomic E-state index is 0.0889. The molecule has 3 N–H and O–H groups in total. The van der Waals surface area contributed by atoms with Gasteiger partial charge in [-0.15, -0.1) is 0 Å². The molecular formula is C15H13BrN2O2S. The highest BCUT2D eigenvalue weighted by Crippen LogP contribution is 2.26. The van der Waals surface area contributed by atoms with E-state index in [2.05, 4.69) is 15.9 Å². The van der Waals surface area contributed by atoms with Crippen molar-refractivity contribution in [3.63, 3.8) is 0 Å². The molecule has 2 rings (SSSR count). The number of aromatic hydroxyl groups is 1. The highest BCUT2D eigenvalue weighted by molar-refractivity contribution is 9.10. The van der Waals surface area contributed by atoms with Crippen LogP contribution in [0.3, 0.4) is 0 Å². The SMILES string of the molecule is CN(C(=O)c1ccc(Br)cc1O)c1ccccc1C(N)=S. The van der Waals surface area contributed by atoms with E-state index >= 15 is 0 Å². The van der Waals surface area contributed by atoms with Gasteiger partial charge in [-0.05, 0) is 30.3 Å². The lowest BCUT2D eigenvalue weighted by molar-refractivity contribution is 0.0990. The lowest BCUT2D eigenvalue weighted by Crippen LogP contribution is -2.28. The molecule has 0 fully saturated rings. The van der Waals surface area contributed by atoms with Crippen LogP contribution in [0.2, 0.25) is 0 Å². The predicted molar refractivity (Wildman–Crippen MR) is 90.9 cm³/mol. The first-order valence-electron chi connectivity index (χ1n) is 6.07. The summed E-state index contributed by atoms with van der Waals surface area (Å²) in [6, 6.07) is 11.8. The number of thiocarbonyl (C=S) groups is 1. The van der Waals surface area contributed by atoms with Gasteiger partial charge in [-0.3, -0.25) is 4.79 Å². The highest BCUT2D eigenvalue weighted by Gasteiger charge is 2.19. The zero-order valence-electron chi connectivity index (χ0n) is 11.2. The number of hydrogen-bond donors (Lipinski definition) is 2.